The van der Waals surface area contributed by atoms with Gasteiger partial charge in [-0.3, -0.25) is 0 Å². The summed E-state index contributed by atoms with van der Waals surface area (Å²) in [6, 6.07) is 3.40. The fourth-order valence-corrected chi connectivity index (χ4v) is 3.25. The summed E-state index contributed by atoms with van der Waals surface area (Å²) < 4.78 is 32.4. The molecule has 2 amide bonds. The summed E-state index contributed by atoms with van der Waals surface area (Å²) in [5.74, 6) is -0.746. The minimum absolute atomic E-state index is 0.127. The molecule has 0 aromatic heterocycles. The maximum absolute atomic E-state index is 13.7. The van der Waals surface area contributed by atoms with Crippen molar-refractivity contribution in [1.29, 1.82) is 0 Å². The van der Waals surface area contributed by atoms with Crippen LogP contribution in [-0.2, 0) is 4.74 Å². The average molecular weight is 338 g/mol. The molecule has 0 bridgehead atoms. The van der Waals surface area contributed by atoms with Crippen molar-refractivity contribution in [2.45, 2.75) is 50.7 Å². The molecule has 3 atom stereocenters. The molecule has 1 aliphatic heterocycles. The molecule has 1 saturated carbocycles. The summed E-state index contributed by atoms with van der Waals surface area (Å²) in [6.45, 7) is 2.78. The van der Waals surface area contributed by atoms with Crippen LogP contribution in [0.1, 0.15) is 44.1 Å². The number of urea groups is 1. The van der Waals surface area contributed by atoms with Crippen LogP contribution in [0.25, 0.3) is 0 Å². The van der Waals surface area contributed by atoms with E-state index in [0.29, 0.717) is 24.6 Å². The second-order valence-electron chi connectivity index (χ2n) is 6.89. The Kier molecular flexibility index (Phi) is 5.33. The van der Waals surface area contributed by atoms with Crippen LogP contribution in [0, 0.1) is 17.6 Å². The second-order valence-corrected chi connectivity index (χ2v) is 6.89. The lowest BCUT2D eigenvalue weighted by molar-refractivity contribution is -0.00914. The van der Waals surface area contributed by atoms with E-state index in [-0.39, 0.29) is 24.1 Å². The number of rotatable bonds is 5. The molecule has 1 aromatic carbocycles. The van der Waals surface area contributed by atoms with E-state index >= 15 is 0 Å². The van der Waals surface area contributed by atoms with Crippen LogP contribution in [0.2, 0.25) is 0 Å². The highest BCUT2D eigenvalue weighted by Gasteiger charge is 2.36. The topological polar surface area (TPSA) is 50.4 Å². The van der Waals surface area contributed by atoms with Crippen LogP contribution >= 0.6 is 0 Å². The third-order valence-corrected chi connectivity index (χ3v) is 4.86. The third-order valence-electron chi connectivity index (χ3n) is 4.86. The van der Waals surface area contributed by atoms with Crippen molar-refractivity contribution in [2.75, 3.05) is 13.2 Å². The number of halogens is 2. The Morgan fingerprint density at radius 2 is 2.12 bits per heavy atom. The number of hydrogen-bond acceptors (Lipinski definition) is 2. The number of hydrogen-bond donors (Lipinski definition) is 2. The first-order valence-electron chi connectivity index (χ1n) is 8.64. The lowest BCUT2D eigenvalue weighted by Gasteiger charge is -2.30. The quantitative estimate of drug-likeness (QED) is 0.865. The van der Waals surface area contributed by atoms with E-state index in [1.54, 1.807) is 6.92 Å². The summed E-state index contributed by atoms with van der Waals surface area (Å²) in [5, 5.41) is 5.76. The molecule has 1 saturated heterocycles. The van der Waals surface area contributed by atoms with Crippen molar-refractivity contribution in [1.82, 2.24) is 10.6 Å². The van der Waals surface area contributed by atoms with E-state index in [4.69, 9.17) is 4.74 Å². The van der Waals surface area contributed by atoms with Gasteiger partial charge in [0.25, 0.3) is 0 Å². The molecule has 1 aliphatic carbocycles. The molecular weight excluding hydrogens is 314 g/mol. The Balaban J connectivity index is 1.44. The highest BCUT2D eigenvalue weighted by atomic mass is 19.1. The first kappa shape index (κ1) is 17.1. The summed E-state index contributed by atoms with van der Waals surface area (Å²) in [4.78, 5) is 12.1. The second kappa shape index (κ2) is 7.47. The van der Waals surface area contributed by atoms with Crippen molar-refractivity contribution in [3.63, 3.8) is 0 Å². The van der Waals surface area contributed by atoms with E-state index in [2.05, 4.69) is 10.6 Å². The molecule has 0 unspecified atom stereocenters. The van der Waals surface area contributed by atoms with Crippen molar-refractivity contribution in [2.24, 2.45) is 5.92 Å². The highest BCUT2D eigenvalue weighted by molar-refractivity contribution is 5.74. The fourth-order valence-electron chi connectivity index (χ4n) is 3.25. The Labute approximate surface area is 141 Å². The molecule has 3 rings (SSSR count). The molecule has 1 heterocycles. The number of benzene rings is 1. The predicted octanol–water partition coefficient (Wildman–Crippen LogP) is 3.33. The number of nitrogens with one attached hydrogen (secondary N) is 2. The normalized spacial score (nSPS) is 25.1. The van der Waals surface area contributed by atoms with E-state index in [1.165, 1.54) is 25.0 Å². The molecule has 0 spiro atoms. The van der Waals surface area contributed by atoms with E-state index in [0.717, 1.165) is 18.9 Å². The van der Waals surface area contributed by atoms with Gasteiger partial charge in [-0.1, -0.05) is 13.0 Å². The minimum Gasteiger partial charge on any atom is -0.378 e. The largest absolute Gasteiger partial charge is 0.378 e. The zero-order chi connectivity index (χ0) is 17.1. The Bertz CT molecular complexity index is 592. The van der Waals surface area contributed by atoms with Crippen molar-refractivity contribution < 1.29 is 18.3 Å². The van der Waals surface area contributed by atoms with E-state index < -0.39 is 11.6 Å². The van der Waals surface area contributed by atoms with E-state index in [1.807, 2.05) is 0 Å². The average Bonchev–Trinajstić information content (AvgIpc) is 3.38. The zero-order valence-corrected chi connectivity index (χ0v) is 13.9. The van der Waals surface area contributed by atoms with Crippen molar-refractivity contribution >= 4 is 6.03 Å². The predicted molar refractivity (Wildman–Crippen MR) is 86.8 cm³/mol. The Hall–Kier alpha value is -1.69. The smallest absolute Gasteiger partial charge is 0.315 e. The first-order chi connectivity index (χ1) is 11.5. The molecule has 1 aromatic rings. The van der Waals surface area contributed by atoms with Crippen molar-refractivity contribution in [3.05, 3.63) is 35.4 Å². The van der Waals surface area contributed by atoms with E-state index in [9.17, 15) is 13.6 Å². The summed E-state index contributed by atoms with van der Waals surface area (Å²) >= 11 is 0. The van der Waals surface area contributed by atoms with Gasteiger partial charge in [-0.15, -0.1) is 0 Å². The number of carbonyl (C=O) groups is 1. The number of amides is 2. The van der Waals surface area contributed by atoms with Crippen LogP contribution < -0.4 is 10.6 Å². The molecule has 2 aliphatic rings. The van der Waals surface area contributed by atoms with Gasteiger partial charge < -0.3 is 15.4 Å². The Morgan fingerprint density at radius 3 is 2.83 bits per heavy atom. The molecule has 4 nitrogen and oxygen atoms in total. The lowest BCUT2D eigenvalue weighted by Crippen LogP contribution is -2.47. The molecule has 24 heavy (non-hydrogen) atoms. The molecule has 6 heteroatoms. The van der Waals surface area contributed by atoms with Gasteiger partial charge in [-0.05, 0) is 43.2 Å². The fraction of sp³-hybridized carbons (Fsp3) is 0.611. The van der Waals surface area contributed by atoms with Crippen molar-refractivity contribution in [3.8, 4) is 0 Å². The number of carbonyl (C=O) groups excluding carboxylic acids is 1. The van der Waals surface area contributed by atoms with Crippen LogP contribution in [-0.4, -0.2) is 31.3 Å². The van der Waals surface area contributed by atoms with Gasteiger partial charge in [-0.25, -0.2) is 13.6 Å². The number of ether oxygens (including phenoxy) is 1. The maximum Gasteiger partial charge on any atom is 0.315 e. The minimum atomic E-state index is -0.598. The molecule has 2 fully saturated rings. The van der Waals surface area contributed by atoms with Crippen LogP contribution in [0.3, 0.4) is 0 Å². The van der Waals surface area contributed by atoms with Gasteiger partial charge in [0.2, 0.25) is 0 Å². The standard InChI is InChI=1S/C18H24F2N2O2/c1-11(15-5-4-13(19)8-16(15)20)10-21-18(23)22-14-6-7-24-17(9-14)12-2-3-12/h4-5,8,11-12,14,17H,2-3,6-7,9-10H2,1H3,(H2,21,22,23)/t11-,14+,17-/m1/s1. The van der Waals surface area contributed by atoms with Crippen LogP contribution in [0.5, 0.6) is 0 Å². The molecule has 2 N–H and O–H groups in total. The SMILES string of the molecule is C[C@H](CNC(=O)N[C@H]1CCO[C@@H](C2CC2)C1)c1ccc(F)cc1F. The Morgan fingerprint density at radius 1 is 1.33 bits per heavy atom. The van der Waals surface area contributed by atoms with Gasteiger partial charge in [-0.2, -0.15) is 0 Å². The third kappa shape index (κ3) is 4.44. The highest BCUT2D eigenvalue weighted by Crippen LogP contribution is 2.38. The van der Waals surface area contributed by atoms with Crippen LogP contribution in [0.15, 0.2) is 18.2 Å². The van der Waals surface area contributed by atoms with Crippen LogP contribution in [0.4, 0.5) is 13.6 Å². The van der Waals surface area contributed by atoms with Gasteiger partial charge in [0.15, 0.2) is 0 Å². The molecule has 132 valence electrons. The summed E-state index contributed by atoms with van der Waals surface area (Å²) in [7, 11) is 0. The monoisotopic (exact) mass is 338 g/mol. The summed E-state index contributed by atoms with van der Waals surface area (Å²) in [5.41, 5.74) is 0.400. The molecular formula is C18H24F2N2O2. The molecule has 0 radical (unpaired) electrons. The van der Waals surface area contributed by atoms with Gasteiger partial charge >= 0.3 is 6.03 Å². The van der Waals surface area contributed by atoms with Gasteiger partial charge in [0.1, 0.15) is 11.6 Å². The zero-order valence-electron chi connectivity index (χ0n) is 13.9. The van der Waals surface area contributed by atoms with Gasteiger partial charge in [0, 0.05) is 31.2 Å². The summed E-state index contributed by atoms with van der Waals surface area (Å²) in [6.07, 6.45) is 4.41. The first-order valence-corrected chi connectivity index (χ1v) is 8.64. The van der Waals surface area contributed by atoms with Gasteiger partial charge in [0.05, 0.1) is 6.10 Å². The lowest BCUT2D eigenvalue weighted by atomic mass is 10.00. The maximum atomic E-state index is 13.7.